The normalized spacial score (nSPS) is 10.0. The molecule has 0 bridgehead atoms. The Morgan fingerprint density at radius 1 is 1.53 bits per heavy atom. The SMILES string of the molecule is CSCCNC(=O)c1cccc(OCCBr)c1. The minimum absolute atomic E-state index is 0.0525. The van der Waals surface area contributed by atoms with Crippen molar-refractivity contribution in [2.24, 2.45) is 0 Å². The first-order valence-electron chi connectivity index (χ1n) is 5.34. The summed E-state index contributed by atoms with van der Waals surface area (Å²) in [7, 11) is 0. The Morgan fingerprint density at radius 3 is 3.06 bits per heavy atom. The van der Waals surface area contributed by atoms with E-state index in [1.54, 1.807) is 23.9 Å². The molecule has 0 radical (unpaired) electrons. The third-order valence-electron chi connectivity index (χ3n) is 2.03. The summed E-state index contributed by atoms with van der Waals surface area (Å²) < 4.78 is 5.44. The topological polar surface area (TPSA) is 38.3 Å². The maximum absolute atomic E-state index is 11.8. The van der Waals surface area contributed by atoms with E-state index in [1.165, 1.54) is 0 Å². The van der Waals surface area contributed by atoms with Gasteiger partial charge in [-0.3, -0.25) is 4.79 Å². The number of benzene rings is 1. The van der Waals surface area contributed by atoms with Crippen LogP contribution in [0, 0.1) is 0 Å². The number of amides is 1. The molecule has 3 nitrogen and oxygen atoms in total. The summed E-state index contributed by atoms with van der Waals surface area (Å²) in [5.41, 5.74) is 0.637. The van der Waals surface area contributed by atoms with Crippen LogP contribution < -0.4 is 10.1 Å². The number of halogens is 1. The minimum atomic E-state index is -0.0525. The van der Waals surface area contributed by atoms with Crippen LogP contribution in [-0.4, -0.2) is 36.4 Å². The van der Waals surface area contributed by atoms with Gasteiger partial charge in [-0.25, -0.2) is 0 Å². The van der Waals surface area contributed by atoms with Gasteiger partial charge in [0, 0.05) is 23.2 Å². The van der Waals surface area contributed by atoms with Crippen molar-refractivity contribution in [2.75, 3.05) is 30.5 Å². The van der Waals surface area contributed by atoms with Gasteiger partial charge in [0.25, 0.3) is 5.91 Å². The predicted molar refractivity (Wildman–Crippen MR) is 76.4 cm³/mol. The Morgan fingerprint density at radius 2 is 2.35 bits per heavy atom. The fourth-order valence-corrected chi connectivity index (χ4v) is 1.72. The van der Waals surface area contributed by atoms with Crippen molar-refractivity contribution < 1.29 is 9.53 Å². The van der Waals surface area contributed by atoms with E-state index in [4.69, 9.17) is 4.74 Å². The molecule has 1 aromatic rings. The Balaban J connectivity index is 2.54. The molecule has 1 amide bonds. The molecule has 0 aliphatic heterocycles. The number of alkyl halides is 1. The molecule has 1 aromatic carbocycles. The van der Waals surface area contributed by atoms with E-state index >= 15 is 0 Å². The van der Waals surface area contributed by atoms with Gasteiger partial charge in [0.05, 0.1) is 6.61 Å². The summed E-state index contributed by atoms with van der Waals surface area (Å²) >= 11 is 5.00. The second-order valence-electron chi connectivity index (χ2n) is 3.31. The van der Waals surface area contributed by atoms with Gasteiger partial charge in [0.1, 0.15) is 5.75 Å². The highest BCUT2D eigenvalue weighted by atomic mass is 79.9. The lowest BCUT2D eigenvalue weighted by atomic mass is 10.2. The highest BCUT2D eigenvalue weighted by molar-refractivity contribution is 9.09. The number of carbonyl (C=O) groups is 1. The van der Waals surface area contributed by atoms with E-state index in [0.717, 1.165) is 16.8 Å². The monoisotopic (exact) mass is 317 g/mol. The van der Waals surface area contributed by atoms with Gasteiger partial charge in [-0.05, 0) is 24.5 Å². The molecule has 0 aliphatic carbocycles. The standard InChI is InChI=1S/C12H16BrNO2S/c1-17-8-6-14-12(15)10-3-2-4-11(9-10)16-7-5-13/h2-4,9H,5-8H2,1H3,(H,14,15). The fraction of sp³-hybridized carbons (Fsp3) is 0.417. The van der Waals surface area contributed by atoms with Crippen molar-refractivity contribution in [1.82, 2.24) is 5.32 Å². The summed E-state index contributed by atoms with van der Waals surface area (Å²) in [5, 5.41) is 3.63. The summed E-state index contributed by atoms with van der Waals surface area (Å²) in [4.78, 5) is 11.8. The van der Waals surface area contributed by atoms with Crippen LogP contribution in [0.15, 0.2) is 24.3 Å². The highest BCUT2D eigenvalue weighted by Gasteiger charge is 2.05. The lowest BCUT2D eigenvalue weighted by Gasteiger charge is -2.07. The van der Waals surface area contributed by atoms with Gasteiger partial charge in [-0.15, -0.1) is 0 Å². The van der Waals surface area contributed by atoms with Crippen molar-refractivity contribution in [2.45, 2.75) is 0 Å². The molecule has 0 atom stereocenters. The molecule has 1 N–H and O–H groups in total. The first-order chi connectivity index (χ1) is 8.27. The quantitative estimate of drug-likeness (QED) is 0.620. The molecule has 94 valence electrons. The second kappa shape index (κ2) is 8.42. The largest absolute Gasteiger partial charge is 0.493 e. The predicted octanol–water partition coefficient (Wildman–Crippen LogP) is 2.55. The van der Waals surface area contributed by atoms with Crippen LogP contribution in [0.25, 0.3) is 0 Å². The lowest BCUT2D eigenvalue weighted by molar-refractivity contribution is 0.0955. The molecule has 17 heavy (non-hydrogen) atoms. The van der Waals surface area contributed by atoms with E-state index in [-0.39, 0.29) is 5.91 Å². The maximum atomic E-state index is 11.8. The number of carbonyl (C=O) groups excluding carboxylic acids is 1. The highest BCUT2D eigenvalue weighted by Crippen LogP contribution is 2.13. The number of hydrogen-bond donors (Lipinski definition) is 1. The molecule has 1 rings (SSSR count). The van der Waals surface area contributed by atoms with Gasteiger partial charge < -0.3 is 10.1 Å². The van der Waals surface area contributed by atoms with E-state index in [0.29, 0.717) is 18.7 Å². The number of ether oxygens (including phenoxy) is 1. The Hall–Kier alpha value is -0.680. The molecule has 0 saturated heterocycles. The summed E-state index contributed by atoms with van der Waals surface area (Å²) in [5.74, 6) is 1.59. The molecule has 5 heteroatoms. The summed E-state index contributed by atoms with van der Waals surface area (Å²) in [6, 6.07) is 7.22. The molecule has 0 aliphatic rings. The summed E-state index contributed by atoms with van der Waals surface area (Å²) in [6.07, 6.45) is 2.01. The molecule has 0 saturated carbocycles. The van der Waals surface area contributed by atoms with Crippen molar-refractivity contribution >= 4 is 33.6 Å². The van der Waals surface area contributed by atoms with Gasteiger partial charge in [-0.2, -0.15) is 11.8 Å². The number of thioether (sulfide) groups is 1. The first-order valence-corrected chi connectivity index (χ1v) is 7.85. The van der Waals surface area contributed by atoms with Crippen molar-refractivity contribution in [3.8, 4) is 5.75 Å². The molecular weight excluding hydrogens is 302 g/mol. The number of hydrogen-bond acceptors (Lipinski definition) is 3. The Kier molecular flexibility index (Phi) is 7.12. The van der Waals surface area contributed by atoms with Crippen LogP contribution in [0.4, 0.5) is 0 Å². The Labute approximate surface area is 114 Å². The molecule has 0 fully saturated rings. The number of nitrogens with one attached hydrogen (secondary N) is 1. The fourth-order valence-electron chi connectivity index (χ4n) is 1.25. The summed E-state index contributed by atoms with van der Waals surface area (Å²) in [6.45, 7) is 1.28. The molecule has 0 aromatic heterocycles. The molecule has 0 heterocycles. The van der Waals surface area contributed by atoms with Crippen molar-refractivity contribution in [3.63, 3.8) is 0 Å². The van der Waals surface area contributed by atoms with E-state index in [1.807, 2.05) is 18.4 Å². The van der Waals surface area contributed by atoms with E-state index in [9.17, 15) is 4.79 Å². The van der Waals surface area contributed by atoms with Gasteiger partial charge in [0.15, 0.2) is 0 Å². The zero-order valence-corrected chi connectivity index (χ0v) is 12.1. The minimum Gasteiger partial charge on any atom is -0.493 e. The van der Waals surface area contributed by atoms with E-state index in [2.05, 4.69) is 21.2 Å². The molecular formula is C12H16BrNO2S. The molecule has 0 unspecified atom stereocenters. The smallest absolute Gasteiger partial charge is 0.251 e. The zero-order valence-electron chi connectivity index (χ0n) is 9.74. The van der Waals surface area contributed by atoms with Crippen LogP contribution >= 0.6 is 27.7 Å². The second-order valence-corrected chi connectivity index (χ2v) is 5.09. The average Bonchev–Trinajstić information content (AvgIpc) is 2.37. The number of rotatable bonds is 7. The van der Waals surface area contributed by atoms with Gasteiger partial charge >= 0.3 is 0 Å². The molecule has 0 spiro atoms. The van der Waals surface area contributed by atoms with Gasteiger partial charge in [-0.1, -0.05) is 22.0 Å². The van der Waals surface area contributed by atoms with Crippen LogP contribution in [0.5, 0.6) is 5.75 Å². The van der Waals surface area contributed by atoms with E-state index < -0.39 is 0 Å². The van der Waals surface area contributed by atoms with Crippen molar-refractivity contribution in [3.05, 3.63) is 29.8 Å². The van der Waals surface area contributed by atoms with Crippen LogP contribution in [0.3, 0.4) is 0 Å². The third-order valence-corrected chi connectivity index (χ3v) is 2.97. The third kappa shape index (κ3) is 5.46. The van der Waals surface area contributed by atoms with Gasteiger partial charge in [0.2, 0.25) is 0 Å². The van der Waals surface area contributed by atoms with Crippen LogP contribution in [-0.2, 0) is 0 Å². The van der Waals surface area contributed by atoms with Crippen LogP contribution in [0.1, 0.15) is 10.4 Å². The van der Waals surface area contributed by atoms with Crippen molar-refractivity contribution in [1.29, 1.82) is 0 Å². The van der Waals surface area contributed by atoms with Crippen LogP contribution in [0.2, 0.25) is 0 Å². The maximum Gasteiger partial charge on any atom is 0.251 e. The lowest BCUT2D eigenvalue weighted by Crippen LogP contribution is -2.25. The first kappa shape index (κ1) is 14.4. The zero-order chi connectivity index (χ0) is 12.5. The Bertz CT molecular complexity index is 360. The average molecular weight is 318 g/mol.